The molecule has 31 heavy (non-hydrogen) atoms. The maximum atomic E-state index is 13.1. The van der Waals surface area contributed by atoms with Gasteiger partial charge < -0.3 is 10.0 Å². The number of amides is 1. The third kappa shape index (κ3) is 4.07. The van der Waals surface area contributed by atoms with Crippen LogP contribution in [0.3, 0.4) is 0 Å². The number of likely N-dealkylation sites (tertiary alicyclic amines) is 1. The maximum absolute atomic E-state index is 13.1. The molecule has 2 heterocycles. The number of piperidine rings is 1. The summed E-state index contributed by atoms with van der Waals surface area (Å²) in [6, 6.07) is 9.18. The molecule has 2 N–H and O–H groups in total. The van der Waals surface area contributed by atoms with E-state index >= 15 is 0 Å². The van der Waals surface area contributed by atoms with Crippen LogP contribution in [0.25, 0.3) is 10.9 Å². The van der Waals surface area contributed by atoms with E-state index in [-0.39, 0.29) is 11.8 Å². The van der Waals surface area contributed by atoms with E-state index in [1.165, 1.54) is 0 Å². The molecule has 1 amide bonds. The fraction of sp³-hybridized carbons (Fsp3) is 0.417. The Kier molecular flexibility index (Phi) is 6.03. The van der Waals surface area contributed by atoms with E-state index in [4.69, 9.17) is 23.2 Å². The number of nitrogens with zero attached hydrogens (tertiary/aromatic N) is 2. The molecule has 3 aromatic rings. The summed E-state index contributed by atoms with van der Waals surface area (Å²) in [6.45, 7) is 7.35. The van der Waals surface area contributed by atoms with Crippen molar-refractivity contribution in [3.05, 3.63) is 63.3 Å². The number of aliphatic hydroxyl groups is 1. The van der Waals surface area contributed by atoms with Gasteiger partial charge >= 0.3 is 0 Å². The zero-order chi connectivity index (χ0) is 22.3. The first kappa shape index (κ1) is 22.1. The van der Waals surface area contributed by atoms with Crippen molar-refractivity contribution in [1.82, 2.24) is 15.1 Å². The number of aromatic amines is 1. The van der Waals surface area contributed by atoms with E-state index in [2.05, 4.69) is 24.0 Å². The van der Waals surface area contributed by atoms with Gasteiger partial charge in [0.05, 0.1) is 28.4 Å². The SMILES string of the molecule is Cc1cccc(Cl)c1C(=O)N1CCC(C(C)(C)C(O)c2cc(Cl)cc3cn[nH]c23)CC1. The molecule has 0 spiro atoms. The summed E-state index contributed by atoms with van der Waals surface area (Å²) in [5.74, 6) is 0.227. The second kappa shape index (κ2) is 8.45. The number of H-pyrrole nitrogens is 1. The van der Waals surface area contributed by atoms with Gasteiger partial charge in [-0.3, -0.25) is 9.89 Å². The van der Waals surface area contributed by atoms with Crippen LogP contribution in [-0.2, 0) is 0 Å². The first-order valence-corrected chi connectivity index (χ1v) is 11.3. The number of hydrogen-bond acceptors (Lipinski definition) is 3. The summed E-state index contributed by atoms with van der Waals surface area (Å²) in [4.78, 5) is 14.9. The fourth-order valence-electron chi connectivity index (χ4n) is 4.77. The molecule has 5 nitrogen and oxygen atoms in total. The van der Waals surface area contributed by atoms with Crippen molar-refractivity contribution in [1.29, 1.82) is 0 Å². The third-order valence-corrected chi connectivity index (χ3v) is 7.35. The molecular weight excluding hydrogens is 433 g/mol. The molecule has 2 aromatic carbocycles. The van der Waals surface area contributed by atoms with Crippen LogP contribution < -0.4 is 0 Å². The number of aryl methyl sites for hydroxylation is 1. The highest BCUT2D eigenvalue weighted by atomic mass is 35.5. The lowest BCUT2D eigenvalue weighted by atomic mass is 9.68. The zero-order valence-corrected chi connectivity index (χ0v) is 19.5. The number of aromatic nitrogens is 2. The van der Waals surface area contributed by atoms with E-state index in [1.807, 2.05) is 36.1 Å². The molecular formula is C24H27Cl2N3O2. The predicted octanol–water partition coefficient (Wildman–Crippen LogP) is 5.79. The predicted molar refractivity (Wildman–Crippen MR) is 125 cm³/mol. The highest BCUT2D eigenvalue weighted by molar-refractivity contribution is 6.34. The third-order valence-electron chi connectivity index (χ3n) is 6.81. The number of carbonyl (C=O) groups is 1. The Labute approximate surface area is 192 Å². The molecule has 0 aliphatic carbocycles. The molecule has 1 unspecified atom stereocenters. The first-order chi connectivity index (χ1) is 14.7. The van der Waals surface area contributed by atoms with Crippen LogP contribution >= 0.6 is 23.2 Å². The lowest BCUT2D eigenvalue weighted by molar-refractivity contribution is -0.0164. The Morgan fingerprint density at radius 2 is 1.97 bits per heavy atom. The second-order valence-corrected chi connectivity index (χ2v) is 9.89. The summed E-state index contributed by atoms with van der Waals surface area (Å²) in [6.07, 6.45) is 2.62. The van der Waals surface area contributed by atoms with Gasteiger partial charge in [-0.2, -0.15) is 5.10 Å². The zero-order valence-electron chi connectivity index (χ0n) is 18.0. The number of rotatable bonds is 4. The smallest absolute Gasteiger partial charge is 0.255 e. The molecule has 1 aliphatic rings. The summed E-state index contributed by atoms with van der Waals surface area (Å²) in [7, 11) is 0. The highest BCUT2D eigenvalue weighted by Crippen LogP contribution is 2.46. The van der Waals surface area contributed by atoms with Crippen LogP contribution in [0.15, 0.2) is 36.5 Å². The normalized spacial score (nSPS) is 16.6. The number of aliphatic hydroxyl groups excluding tert-OH is 1. The average Bonchev–Trinajstić information content (AvgIpc) is 3.20. The van der Waals surface area contributed by atoms with E-state index < -0.39 is 11.5 Å². The molecule has 1 atom stereocenters. The molecule has 0 radical (unpaired) electrons. The standard InChI is InChI=1S/C24H27Cl2N3O2/c1-14-5-4-6-19(26)20(14)23(31)29-9-7-16(8-10-29)24(2,3)22(30)18-12-17(25)11-15-13-27-28-21(15)18/h4-6,11-13,16,22,30H,7-10H2,1-3H3,(H,27,28). The van der Waals surface area contributed by atoms with Gasteiger partial charge in [-0.05, 0) is 54.9 Å². The van der Waals surface area contributed by atoms with Crippen LogP contribution in [-0.4, -0.2) is 39.2 Å². The van der Waals surface area contributed by atoms with Gasteiger partial charge in [0.25, 0.3) is 5.91 Å². The quantitative estimate of drug-likeness (QED) is 0.518. The van der Waals surface area contributed by atoms with Crippen molar-refractivity contribution in [3.63, 3.8) is 0 Å². The number of benzene rings is 2. The molecule has 1 saturated heterocycles. The van der Waals surface area contributed by atoms with Gasteiger partial charge in [0.1, 0.15) is 0 Å². The Morgan fingerprint density at radius 3 is 2.65 bits per heavy atom. The van der Waals surface area contributed by atoms with E-state index in [0.717, 1.165) is 34.9 Å². The Hall–Kier alpha value is -2.08. The summed E-state index contributed by atoms with van der Waals surface area (Å²) < 4.78 is 0. The second-order valence-electron chi connectivity index (χ2n) is 9.05. The highest BCUT2D eigenvalue weighted by Gasteiger charge is 2.40. The number of carbonyl (C=O) groups excluding carboxylic acids is 1. The fourth-order valence-corrected chi connectivity index (χ4v) is 5.31. The summed E-state index contributed by atoms with van der Waals surface area (Å²) in [5.41, 5.74) is 2.64. The Morgan fingerprint density at radius 1 is 1.26 bits per heavy atom. The van der Waals surface area contributed by atoms with Gasteiger partial charge in [-0.15, -0.1) is 0 Å². The minimum absolute atomic E-state index is 0.0195. The monoisotopic (exact) mass is 459 g/mol. The van der Waals surface area contributed by atoms with Crippen molar-refractivity contribution in [3.8, 4) is 0 Å². The van der Waals surface area contributed by atoms with Gasteiger partial charge in [0.15, 0.2) is 0 Å². The lowest BCUT2D eigenvalue weighted by Gasteiger charge is -2.43. The lowest BCUT2D eigenvalue weighted by Crippen LogP contribution is -2.44. The molecule has 4 rings (SSSR count). The first-order valence-electron chi connectivity index (χ1n) is 10.5. The molecule has 0 saturated carbocycles. The van der Waals surface area contributed by atoms with Crippen molar-refractivity contribution in [2.24, 2.45) is 11.3 Å². The van der Waals surface area contributed by atoms with Crippen LogP contribution in [0.1, 0.15) is 54.3 Å². The van der Waals surface area contributed by atoms with Crippen molar-refractivity contribution in [2.45, 2.75) is 39.7 Å². The Balaban J connectivity index is 1.51. The van der Waals surface area contributed by atoms with Crippen LogP contribution in [0.5, 0.6) is 0 Å². The van der Waals surface area contributed by atoms with E-state index in [9.17, 15) is 9.90 Å². The molecule has 164 valence electrons. The maximum Gasteiger partial charge on any atom is 0.255 e. The average molecular weight is 460 g/mol. The molecule has 0 bridgehead atoms. The van der Waals surface area contributed by atoms with Crippen molar-refractivity contribution >= 4 is 40.0 Å². The minimum atomic E-state index is -0.716. The van der Waals surface area contributed by atoms with Gasteiger partial charge in [-0.25, -0.2) is 0 Å². The largest absolute Gasteiger partial charge is 0.388 e. The molecule has 1 aromatic heterocycles. The number of nitrogens with one attached hydrogen (secondary N) is 1. The summed E-state index contributed by atoms with van der Waals surface area (Å²) >= 11 is 12.6. The van der Waals surface area contributed by atoms with Crippen molar-refractivity contribution in [2.75, 3.05) is 13.1 Å². The van der Waals surface area contributed by atoms with E-state index in [1.54, 1.807) is 12.3 Å². The van der Waals surface area contributed by atoms with Crippen LogP contribution in [0.2, 0.25) is 10.0 Å². The van der Waals surface area contributed by atoms with Crippen LogP contribution in [0.4, 0.5) is 0 Å². The molecule has 7 heteroatoms. The topological polar surface area (TPSA) is 69.2 Å². The van der Waals surface area contributed by atoms with Crippen molar-refractivity contribution < 1.29 is 9.90 Å². The minimum Gasteiger partial charge on any atom is -0.388 e. The molecule has 1 fully saturated rings. The van der Waals surface area contributed by atoms with E-state index in [0.29, 0.717) is 28.7 Å². The number of halogens is 2. The Bertz CT molecular complexity index is 1100. The van der Waals surface area contributed by atoms with Gasteiger partial charge in [-0.1, -0.05) is 49.2 Å². The van der Waals surface area contributed by atoms with Gasteiger partial charge in [0, 0.05) is 29.1 Å². The van der Waals surface area contributed by atoms with Gasteiger partial charge in [0.2, 0.25) is 0 Å². The van der Waals surface area contributed by atoms with Crippen LogP contribution in [0, 0.1) is 18.3 Å². The number of hydrogen-bond donors (Lipinski definition) is 2. The summed E-state index contributed by atoms with van der Waals surface area (Å²) in [5, 5.41) is 20.4. The number of fused-ring (bicyclic) bond motifs is 1. The molecule has 1 aliphatic heterocycles.